The quantitative estimate of drug-likeness (QED) is 0.672. The molecule has 0 radical (unpaired) electrons. The van der Waals surface area contributed by atoms with Crippen LogP contribution in [0.5, 0.6) is 0 Å². The van der Waals surface area contributed by atoms with Crippen LogP contribution >= 0.6 is 11.8 Å². The third-order valence-corrected chi connectivity index (χ3v) is 4.55. The molecule has 1 atom stereocenters. The third-order valence-electron chi connectivity index (χ3n) is 3.13. The Hall–Kier alpha value is 0.310. The first-order chi connectivity index (χ1) is 5.97. The number of hydrogen-bond donors (Lipinski definition) is 1. The Morgan fingerprint density at radius 1 is 1.08 bits per heavy atom. The van der Waals surface area contributed by atoms with E-state index in [9.17, 15) is 0 Å². The highest BCUT2D eigenvalue weighted by molar-refractivity contribution is 8.00. The predicted octanol–water partition coefficient (Wildman–Crippen LogP) is 2.27. The van der Waals surface area contributed by atoms with Crippen LogP contribution in [0.15, 0.2) is 0 Å². The van der Waals surface area contributed by atoms with Gasteiger partial charge in [0.25, 0.3) is 0 Å². The summed E-state index contributed by atoms with van der Waals surface area (Å²) in [6.07, 6.45) is 7.46. The Balaban J connectivity index is 1.80. The van der Waals surface area contributed by atoms with Gasteiger partial charge in [-0.3, -0.25) is 0 Å². The molecule has 1 heterocycles. The van der Waals surface area contributed by atoms with Gasteiger partial charge in [-0.2, -0.15) is 11.8 Å². The van der Waals surface area contributed by atoms with Crippen LogP contribution in [0.2, 0.25) is 0 Å². The zero-order valence-corrected chi connectivity index (χ0v) is 8.54. The summed E-state index contributed by atoms with van der Waals surface area (Å²) in [5.41, 5.74) is 0. The maximum Gasteiger partial charge on any atom is 0.0201 e. The summed E-state index contributed by atoms with van der Waals surface area (Å²) in [5, 5.41) is 4.45. The summed E-state index contributed by atoms with van der Waals surface area (Å²) in [6, 6.07) is 0. The van der Waals surface area contributed by atoms with E-state index in [2.05, 4.69) is 17.1 Å². The molecule has 0 aromatic rings. The number of thioether (sulfide) groups is 1. The van der Waals surface area contributed by atoms with Crippen molar-refractivity contribution < 1.29 is 0 Å². The SMILES string of the molecule is C1CCC([C@@H]2CNCCS2)CC1. The summed E-state index contributed by atoms with van der Waals surface area (Å²) in [7, 11) is 0. The Kier molecular flexibility index (Phi) is 3.35. The summed E-state index contributed by atoms with van der Waals surface area (Å²) in [5.74, 6) is 2.37. The van der Waals surface area contributed by atoms with Gasteiger partial charge in [0.2, 0.25) is 0 Å². The van der Waals surface area contributed by atoms with Crippen LogP contribution in [0, 0.1) is 5.92 Å². The first-order valence-electron chi connectivity index (χ1n) is 5.29. The molecule has 0 unspecified atom stereocenters. The van der Waals surface area contributed by atoms with Crippen molar-refractivity contribution in [3.8, 4) is 0 Å². The van der Waals surface area contributed by atoms with Crippen molar-refractivity contribution in [2.75, 3.05) is 18.8 Å². The molecule has 1 saturated heterocycles. The first kappa shape index (κ1) is 8.89. The molecule has 1 aliphatic carbocycles. The monoisotopic (exact) mass is 185 g/mol. The molecule has 2 fully saturated rings. The molecule has 12 heavy (non-hydrogen) atoms. The highest BCUT2D eigenvalue weighted by atomic mass is 32.2. The second-order valence-corrected chi connectivity index (χ2v) is 5.36. The van der Waals surface area contributed by atoms with E-state index in [4.69, 9.17) is 0 Å². The molecule has 0 amide bonds. The molecule has 0 aromatic carbocycles. The number of hydrogen-bond acceptors (Lipinski definition) is 2. The van der Waals surface area contributed by atoms with E-state index in [1.807, 2.05) is 0 Å². The van der Waals surface area contributed by atoms with Gasteiger partial charge in [0, 0.05) is 24.1 Å². The van der Waals surface area contributed by atoms with Crippen LogP contribution in [0.4, 0.5) is 0 Å². The number of rotatable bonds is 1. The topological polar surface area (TPSA) is 12.0 Å². The van der Waals surface area contributed by atoms with Gasteiger partial charge < -0.3 is 5.32 Å². The van der Waals surface area contributed by atoms with E-state index < -0.39 is 0 Å². The second kappa shape index (κ2) is 4.52. The van der Waals surface area contributed by atoms with Gasteiger partial charge in [-0.05, 0) is 18.8 Å². The Morgan fingerprint density at radius 3 is 2.58 bits per heavy atom. The average molecular weight is 185 g/mol. The normalized spacial score (nSPS) is 33.5. The van der Waals surface area contributed by atoms with E-state index in [0.717, 1.165) is 11.2 Å². The molecule has 1 aliphatic heterocycles. The van der Waals surface area contributed by atoms with Crippen LogP contribution in [0.25, 0.3) is 0 Å². The minimum atomic E-state index is 0.944. The van der Waals surface area contributed by atoms with E-state index in [0.29, 0.717) is 0 Å². The maximum atomic E-state index is 3.51. The van der Waals surface area contributed by atoms with Gasteiger partial charge >= 0.3 is 0 Å². The van der Waals surface area contributed by atoms with Crippen LogP contribution < -0.4 is 5.32 Å². The van der Waals surface area contributed by atoms with E-state index >= 15 is 0 Å². The van der Waals surface area contributed by atoms with E-state index in [1.54, 1.807) is 0 Å². The summed E-state index contributed by atoms with van der Waals surface area (Å²) < 4.78 is 0. The standard InChI is InChI=1S/C10H19NS/c1-2-4-9(5-3-1)10-8-11-6-7-12-10/h9-11H,1-8H2/t10-/m0/s1. The molecule has 2 rings (SSSR count). The molecule has 0 aromatic heterocycles. The molecule has 2 heteroatoms. The van der Waals surface area contributed by atoms with Crippen molar-refractivity contribution in [2.24, 2.45) is 5.92 Å². The van der Waals surface area contributed by atoms with E-state index in [-0.39, 0.29) is 0 Å². The lowest BCUT2D eigenvalue weighted by molar-refractivity contribution is 0.340. The molecule has 2 aliphatic rings. The fourth-order valence-electron chi connectivity index (χ4n) is 2.39. The minimum absolute atomic E-state index is 0.944. The molecular weight excluding hydrogens is 166 g/mol. The number of nitrogens with one attached hydrogen (secondary N) is 1. The predicted molar refractivity (Wildman–Crippen MR) is 55.7 cm³/mol. The summed E-state index contributed by atoms with van der Waals surface area (Å²) in [6.45, 7) is 2.50. The lowest BCUT2D eigenvalue weighted by Crippen LogP contribution is -2.37. The molecule has 70 valence electrons. The van der Waals surface area contributed by atoms with Gasteiger partial charge in [0.15, 0.2) is 0 Å². The highest BCUT2D eigenvalue weighted by Crippen LogP contribution is 2.33. The van der Waals surface area contributed by atoms with Gasteiger partial charge in [0.05, 0.1) is 0 Å². The van der Waals surface area contributed by atoms with Crippen molar-refractivity contribution >= 4 is 11.8 Å². The smallest absolute Gasteiger partial charge is 0.0201 e. The summed E-state index contributed by atoms with van der Waals surface area (Å²) >= 11 is 2.21. The summed E-state index contributed by atoms with van der Waals surface area (Å²) in [4.78, 5) is 0. The van der Waals surface area contributed by atoms with Gasteiger partial charge in [-0.25, -0.2) is 0 Å². The van der Waals surface area contributed by atoms with Crippen LogP contribution in [0.3, 0.4) is 0 Å². The molecular formula is C10H19NS. The van der Waals surface area contributed by atoms with Gasteiger partial charge in [-0.1, -0.05) is 19.3 Å². The fourth-order valence-corrected chi connectivity index (χ4v) is 3.74. The van der Waals surface area contributed by atoms with Crippen molar-refractivity contribution in [3.63, 3.8) is 0 Å². The highest BCUT2D eigenvalue weighted by Gasteiger charge is 2.25. The largest absolute Gasteiger partial charge is 0.315 e. The lowest BCUT2D eigenvalue weighted by atomic mass is 9.86. The third kappa shape index (κ3) is 2.17. The van der Waals surface area contributed by atoms with Crippen molar-refractivity contribution in [3.05, 3.63) is 0 Å². The zero-order valence-electron chi connectivity index (χ0n) is 7.72. The van der Waals surface area contributed by atoms with Crippen molar-refractivity contribution in [2.45, 2.75) is 37.4 Å². The average Bonchev–Trinajstić information content (AvgIpc) is 2.21. The van der Waals surface area contributed by atoms with Crippen LogP contribution in [-0.4, -0.2) is 24.1 Å². The van der Waals surface area contributed by atoms with Gasteiger partial charge in [0.1, 0.15) is 0 Å². The van der Waals surface area contributed by atoms with Crippen molar-refractivity contribution in [1.29, 1.82) is 0 Å². The van der Waals surface area contributed by atoms with Crippen molar-refractivity contribution in [1.82, 2.24) is 5.32 Å². The van der Waals surface area contributed by atoms with Crippen LogP contribution in [0.1, 0.15) is 32.1 Å². The molecule has 1 N–H and O–H groups in total. The maximum absolute atomic E-state index is 3.51. The molecule has 0 bridgehead atoms. The van der Waals surface area contributed by atoms with E-state index in [1.165, 1.54) is 50.9 Å². The minimum Gasteiger partial charge on any atom is -0.315 e. The fraction of sp³-hybridized carbons (Fsp3) is 1.00. The zero-order chi connectivity index (χ0) is 8.23. The Labute approximate surface area is 79.7 Å². The Morgan fingerprint density at radius 2 is 1.92 bits per heavy atom. The lowest BCUT2D eigenvalue weighted by Gasteiger charge is -2.32. The van der Waals surface area contributed by atoms with Gasteiger partial charge in [-0.15, -0.1) is 0 Å². The Bertz CT molecular complexity index is 110. The second-order valence-electron chi connectivity index (χ2n) is 4.01. The molecule has 0 spiro atoms. The van der Waals surface area contributed by atoms with Crippen LogP contribution in [-0.2, 0) is 0 Å². The molecule has 1 nitrogen and oxygen atoms in total. The first-order valence-corrected chi connectivity index (χ1v) is 6.34. The molecule has 1 saturated carbocycles.